The first-order valence-corrected chi connectivity index (χ1v) is 10.2. The number of hydrogen-bond donors (Lipinski definition) is 1. The van der Waals surface area contributed by atoms with E-state index in [0.29, 0.717) is 23.4 Å². The number of fused-ring (bicyclic) bond motifs is 3. The van der Waals surface area contributed by atoms with Crippen LogP contribution in [0.1, 0.15) is 6.99 Å². The van der Waals surface area contributed by atoms with Gasteiger partial charge in [0.05, 0.1) is 29.2 Å². The average Bonchev–Trinajstić information content (AvgIpc) is 3.24. The fourth-order valence-electron chi connectivity index (χ4n) is 3.45. The Morgan fingerprint density at radius 2 is 2.00 bits per heavy atom. The molecule has 0 aliphatic carbocycles. The number of carbonyl (C=O) groups excluding carboxylic acids is 1. The number of likely N-dealkylation sites (N-methyl/N-ethyl adjacent to an activating group) is 2. The van der Waals surface area contributed by atoms with E-state index >= 15 is 4.39 Å². The van der Waals surface area contributed by atoms with Gasteiger partial charge in [0.15, 0.2) is 5.82 Å². The molecule has 1 amide bonds. The molecule has 2 heterocycles. The van der Waals surface area contributed by atoms with Gasteiger partial charge in [0.25, 0.3) is 5.91 Å². The molecule has 0 fully saturated rings. The summed E-state index contributed by atoms with van der Waals surface area (Å²) in [5.41, 5.74) is 4.01. The number of hydrogen-bond acceptors (Lipinski definition) is 5. The Balaban J connectivity index is 0.00000306. The number of carbonyl (C=O) groups is 1. The van der Waals surface area contributed by atoms with E-state index in [1.165, 1.54) is 17.0 Å². The molecule has 0 unspecified atom stereocenters. The molecule has 0 saturated heterocycles. The quantitative estimate of drug-likeness (QED) is 0.456. The number of halogens is 1. The summed E-state index contributed by atoms with van der Waals surface area (Å²) in [5.74, 6) is -0.256. The summed E-state index contributed by atoms with van der Waals surface area (Å²) >= 11 is 0. The molecule has 7 nitrogen and oxygen atoms in total. The number of aryl methyl sites for hydroxylation is 1. The highest BCUT2D eigenvalue weighted by atomic mass is 19.1. The van der Waals surface area contributed by atoms with Crippen molar-refractivity contribution in [2.75, 3.05) is 37.9 Å². The van der Waals surface area contributed by atoms with E-state index < -0.39 is 5.82 Å². The van der Waals surface area contributed by atoms with Crippen LogP contribution in [0.5, 0.6) is 0 Å². The third-order valence-electron chi connectivity index (χ3n) is 5.24. The van der Waals surface area contributed by atoms with Crippen molar-refractivity contribution in [2.45, 2.75) is 6.92 Å². The Morgan fingerprint density at radius 1 is 1.22 bits per heavy atom. The minimum atomic E-state index is -0.525. The third-order valence-corrected chi connectivity index (χ3v) is 5.24. The topological polar surface area (TPSA) is 65.8 Å². The van der Waals surface area contributed by atoms with Crippen LogP contribution in [0.25, 0.3) is 16.6 Å². The third kappa shape index (κ3) is 4.17. The molecule has 4 rings (SSSR count). The molecule has 166 valence electrons. The Bertz CT molecular complexity index is 1330. The van der Waals surface area contributed by atoms with Gasteiger partial charge in [0.2, 0.25) is 0 Å². The van der Waals surface area contributed by atoms with Gasteiger partial charge in [-0.3, -0.25) is 9.20 Å². The fraction of sp³-hybridized carbons (Fsp3) is 0.208. The number of amides is 1. The van der Waals surface area contributed by atoms with Crippen molar-refractivity contribution in [3.05, 3.63) is 72.5 Å². The molecule has 0 bridgehead atoms. The lowest BCUT2D eigenvalue weighted by Gasteiger charge is -2.18. The SMILES string of the molecule is Cc1ccccc1Nc1nc2cc(F)c(N(C)C(=O)/C=C/CN(C)C)cc2n2cncc12.[HH]. The molecular weight excluding hydrogens is 407 g/mol. The number of nitrogens with one attached hydrogen (secondary N) is 1. The maximum Gasteiger partial charge on any atom is 0.250 e. The van der Waals surface area contributed by atoms with Crippen LogP contribution in [0.2, 0.25) is 0 Å². The molecule has 4 aromatic rings. The Kier molecular flexibility index (Phi) is 5.87. The molecule has 2 aromatic carbocycles. The predicted molar refractivity (Wildman–Crippen MR) is 128 cm³/mol. The summed E-state index contributed by atoms with van der Waals surface area (Å²) in [4.78, 5) is 24.7. The number of anilines is 3. The number of nitrogens with zero attached hydrogens (tertiary/aromatic N) is 5. The smallest absolute Gasteiger partial charge is 0.250 e. The highest BCUT2D eigenvalue weighted by Crippen LogP contribution is 2.30. The molecular formula is C24H27FN6O. The molecule has 1 N–H and O–H groups in total. The molecule has 2 aromatic heterocycles. The number of para-hydroxylation sites is 1. The highest BCUT2D eigenvalue weighted by molar-refractivity contribution is 6.02. The average molecular weight is 435 g/mol. The second-order valence-corrected chi connectivity index (χ2v) is 7.90. The number of imidazole rings is 1. The zero-order chi connectivity index (χ0) is 22.8. The van der Waals surface area contributed by atoms with Crippen LogP contribution in [0.3, 0.4) is 0 Å². The number of aromatic nitrogens is 3. The van der Waals surface area contributed by atoms with Gasteiger partial charge in [-0.1, -0.05) is 24.3 Å². The Labute approximate surface area is 187 Å². The summed E-state index contributed by atoms with van der Waals surface area (Å²) in [5, 5.41) is 3.33. The summed E-state index contributed by atoms with van der Waals surface area (Å²) in [6, 6.07) is 10.8. The van der Waals surface area contributed by atoms with Crippen LogP contribution in [0.15, 0.2) is 61.1 Å². The monoisotopic (exact) mass is 434 g/mol. The first kappa shape index (κ1) is 21.5. The van der Waals surface area contributed by atoms with Gasteiger partial charge in [-0.05, 0) is 38.7 Å². The van der Waals surface area contributed by atoms with Crippen molar-refractivity contribution >= 4 is 39.6 Å². The zero-order valence-corrected chi connectivity index (χ0v) is 18.5. The van der Waals surface area contributed by atoms with E-state index in [-0.39, 0.29) is 13.0 Å². The minimum Gasteiger partial charge on any atom is -0.338 e. The summed E-state index contributed by atoms with van der Waals surface area (Å²) < 4.78 is 16.9. The van der Waals surface area contributed by atoms with Gasteiger partial charge >= 0.3 is 0 Å². The molecule has 0 aliphatic rings. The molecule has 0 radical (unpaired) electrons. The molecule has 0 saturated carbocycles. The minimum absolute atomic E-state index is 0. The Hall–Kier alpha value is -3.78. The molecule has 8 heteroatoms. The van der Waals surface area contributed by atoms with Crippen molar-refractivity contribution in [3.8, 4) is 0 Å². The van der Waals surface area contributed by atoms with Gasteiger partial charge in [0.1, 0.15) is 11.3 Å². The maximum absolute atomic E-state index is 15.0. The normalized spacial score (nSPS) is 11.7. The van der Waals surface area contributed by atoms with Crippen LogP contribution >= 0.6 is 0 Å². The van der Waals surface area contributed by atoms with Crippen molar-refractivity contribution in [3.63, 3.8) is 0 Å². The Morgan fingerprint density at radius 3 is 2.75 bits per heavy atom. The van der Waals surface area contributed by atoms with E-state index in [9.17, 15) is 4.79 Å². The number of benzene rings is 2. The predicted octanol–water partition coefficient (Wildman–Crippen LogP) is 4.40. The van der Waals surface area contributed by atoms with Gasteiger partial charge in [-0.25, -0.2) is 14.4 Å². The van der Waals surface area contributed by atoms with Crippen LogP contribution in [0, 0.1) is 12.7 Å². The lowest BCUT2D eigenvalue weighted by Crippen LogP contribution is -2.25. The van der Waals surface area contributed by atoms with Crippen molar-refractivity contribution in [1.82, 2.24) is 19.3 Å². The summed E-state index contributed by atoms with van der Waals surface area (Å²) in [6.07, 6.45) is 6.55. The molecule has 0 spiro atoms. The highest BCUT2D eigenvalue weighted by Gasteiger charge is 2.17. The summed E-state index contributed by atoms with van der Waals surface area (Å²) in [6.45, 7) is 2.62. The van der Waals surface area contributed by atoms with E-state index in [1.54, 1.807) is 31.7 Å². The lowest BCUT2D eigenvalue weighted by atomic mass is 10.2. The largest absolute Gasteiger partial charge is 0.338 e. The van der Waals surface area contributed by atoms with E-state index in [2.05, 4.69) is 15.3 Å². The van der Waals surface area contributed by atoms with E-state index in [1.807, 2.05) is 54.6 Å². The standard InChI is InChI=1S/C24H25FN6O.H2/c1-16-8-5-6-9-18(16)27-24-22-14-26-15-31(22)21-13-20(17(25)12-19(21)28-24)30(4)23(32)10-7-11-29(2)3;/h5-10,12-15H,11H2,1-4H3,(H,27,28);1H/b10-7+;. The first-order valence-electron chi connectivity index (χ1n) is 10.2. The van der Waals surface area contributed by atoms with Crippen molar-refractivity contribution < 1.29 is 10.6 Å². The maximum atomic E-state index is 15.0. The second kappa shape index (κ2) is 8.76. The fourth-order valence-corrected chi connectivity index (χ4v) is 3.45. The van der Waals surface area contributed by atoms with Gasteiger partial charge in [-0.2, -0.15) is 0 Å². The second-order valence-electron chi connectivity index (χ2n) is 7.90. The molecule has 0 atom stereocenters. The van der Waals surface area contributed by atoms with Gasteiger partial charge in [-0.15, -0.1) is 0 Å². The first-order chi connectivity index (χ1) is 15.3. The molecule has 32 heavy (non-hydrogen) atoms. The zero-order valence-electron chi connectivity index (χ0n) is 18.5. The van der Waals surface area contributed by atoms with Gasteiger partial charge < -0.3 is 15.1 Å². The molecule has 0 aliphatic heterocycles. The number of rotatable bonds is 6. The van der Waals surface area contributed by atoms with Crippen LogP contribution in [-0.2, 0) is 4.79 Å². The van der Waals surface area contributed by atoms with Crippen LogP contribution < -0.4 is 10.2 Å². The van der Waals surface area contributed by atoms with E-state index in [4.69, 9.17) is 0 Å². The van der Waals surface area contributed by atoms with Crippen molar-refractivity contribution in [2.24, 2.45) is 0 Å². The summed E-state index contributed by atoms with van der Waals surface area (Å²) in [7, 11) is 5.37. The van der Waals surface area contributed by atoms with Crippen LogP contribution in [-0.4, -0.2) is 52.9 Å². The van der Waals surface area contributed by atoms with Crippen molar-refractivity contribution in [1.29, 1.82) is 0 Å². The van der Waals surface area contributed by atoms with Crippen LogP contribution in [0.4, 0.5) is 21.6 Å². The lowest BCUT2D eigenvalue weighted by molar-refractivity contribution is -0.113. The van der Waals surface area contributed by atoms with Gasteiger partial charge in [0, 0.05) is 32.8 Å². The van der Waals surface area contributed by atoms with E-state index in [0.717, 1.165) is 16.8 Å².